The third-order valence-electron chi connectivity index (χ3n) is 3.95. The van der Waals surface area contributed by atoms with Gasteiger partial charge in [-0.25, -0.2) is 4.79 Å². The second-order valence-corrected chi connectivity index (χ2v) is 6.62. The van der Waals surface area contributed by atoms with Crippen molar-refractivity contribution in [1.29, 1.82) is 0 Å². The highest BCUT2D eigenvalue weighted by Crippen LogP contribution is 2.34. The second kappa shape index (κ2) is 5.47. The molecule has 4 nitrogen and oxygen atoms in total. The van der Waals surface area contributed by atoms with Crippen molar-refractivity contribution in [2.45, 2.75) is 58.1 Å². The molecular formula is C14H26N2O2. The monoisotopic (exact) mass is 254 g/mol. The molecule has 104 valence electrons. The van der Waals surface area contributed by atoms with Crippen molar-refractivity contribution in [3.05, 3.63) is 0 Å². The third kappa shape index (κ3) is 3.61. The van der Waals surface area contributed by atoms with Crippen LogP contribution in [0, 0.1) is 11.8 Å². The number of ether oxygens (including phenoxy) is 1. The average Bonchev–Trinajstić information content (AvgIpc) is 2.62. The standard InChI is InChI=1S/C14H26N2O2/c1-14(2,3)18-13(17)16-12(10-5-4-6-10)11-7-8-15-9-11/h10-12,15H,4-9H2,1-3H3,(H,16,17)/t11-,12?/m1/s1. The molecule has 0 aromatic heterocycles. The molecule has 0 bridgehead atoms. The number of carbonyl (C=O) groups excluding carboxylic acids is 1. The molecular weight excluding hydrogens is 228 g/mol. The van der Waals surface area contributed by atoms with Gasteiger partial charge in [-0.3, -0.25) is 0 Å². The van der Waals surface area contributed by atoms with Crippen LogP contribution >= 0.6 is 0 Å². The zero-order valence-corrected chi connectivity index (χ0v) is 11.8. The summed E-state index contributed by atoms with van der Waals surface area (Å²) in [6, 6.07) is 0.295. The topological polar surface area (TPSA) is 50.4 Å². The van der Waals surface area contributed by atoms with Gasteiger partial charge >= 0.3 is 6.09 Å². The van der Waals surface area contributed by atoms with Crippen molar-refractivity contribution >= 4 is 6.09 Å². The Labute approximate surface area is 110 Å². The fourth-order valence-corrected chi connectivity index (χ4v) is 2.85. The van der Waals surface area contributed by atoms with Gasteiger partial charge in [0.05, 0.1) is 0 Å². The summed E-state index contributed by atoms with van der Waals surface area (Å²) < 4.78 is 5.38. The van der Waals surface area contributed by atoms with Crippen molar-refractivity contribution in [2.24, 2.45) is 11.8 Å². The molecule has 2 fully saturated rings. The Balaban J connectivity index is 1.90. The zero-order valence-electron chi connectivity index (χ0n) is 11.8. The van der Waals surface area contributed by atoms with E-state index < -0.39 is 5.60 Å². The minimum atomic E-state index is -0.415. The molecule has 2 rings (SSSR count). The lowest BCUT2D eigenvalue weighted by molar-refractivity contribution is 0.0432. The van der Waals surface area contributed by atoms with Crippen molar-refractivity contribution in [3.63, 3.8) is 0 Å². The second-order valence-electron chi connectivity index (χ2n) is 6.62. The number of hydrogen-bond donors (Lipinski definition) is 2. The number of alkyl carbamates (subject to hydrolysis) is 1. The highest BCUT2D eigenvalue weighted by atomic mass is 16.6. The summed E-state index contributed by atoms with van der Waals surface area (Å²) in [5, 5.41) is 6.50. The van der Waals surface area contributed by atoms with Crippen LogP contribution in [-0.2, 0) is 4.74 Å². The van der Waals surface area contributed by atoms with Crippen LogP contribution in [0.2, 0.25) is 0 Å². The molecule has 1 unspecified atom stereocenters. The minimum Gasteiger partial charge on any atom is -0.444 e. The Morgan fingerprint density at radius 1 is 1.28 bits per heavy atom. The first-order valence-electron chi connectivity index (χ1n) is 7.16. The largest absolute Gasteiger partial charge is 0.444 e. The molecule has 0 radical (unpaired) electrons. The number of rotatable bonds is 3. The molecule has 0 spiro atoms. The quantitative estimate of drug-likeness (QED) is 0.812. The van der Waals surface area contributed by atoms with Gasteiger partial charge in [-0.2, -0.15) is 0 Å². The SMILES string of the molecule is CC(C)(C)OC(=O)NC(C1CCC1)[C@@H]1CCNC1. The lowest BCUT2D eigenvalue weighted by atomic mass is 9.74. The molecule has 0 aromatic carbocycles. The summed E-state index contributed by atoms with van der Waals surface area (Å²) in [6.07, 6.45) is 4.70. The first-order chi connectivity index (χ1) is 8.46. The lowest BCUT2D eigenvalue weighted by Gasteiger charge is -2.37. The Kier molecular flexibility index (Phi) is 4.15. The summed E-state index contributed by atoms with van der Waals surface area (Å²) in [7, 11) is 0. The first-order valence-corrected chi connectivity index (χ1v) is 7.16. The maximum Gasteiger partial charge on any atom is 0.407 e. The molecule has 2 aliphatic rings. The van der Waals surface area contributed by atoms with E-state index in [-0.39, 0.29) is 6.09 Å². The number of nitrogens with one attached hydrogen (secondary N) is 2. The van der Waals surface area contributed by atoms with Crippen LogP contribution in [0.15, 0.2) is 0 Å². The van der Waals surface area contributed by atoms with Gasteiger partial charge in [0.1, 0.15) is 5.60 Å². The van der Waals surface area contributed by atoms with Gasteiger partial charge in [-0.1, -0.05) is 6.42 Å². The van der Waals surface area contributed by atoms with Crippen molar-refractivity contribution in [1.82, 2.24) is 10.6 Å². The van der Waals surface area contributed by atoms with Crippen LogP contribution in [0.1, 0.15) is 46.5 Å². The van der Waals surface area contributed by atoms with E-state index in [9.17, 15) is 4.79 Å². The molecule has 0 aromatic rings. The molecule has 1 amide bonds. The minimum absolute atomic E-state index is 0.258. The normalized spacial score (nSPS) is 26.5. The molecule has 1 aliphatic carbocycles. The van der Waals surface area contributed by atoms with Gasteiger partial charge in [0.25, 0.3) is 0 Å². The number of amides is 1. The first kappa shape index (κ1) is 13.7. The Morgan fingerprint density at radius 3 is 2.44 bits per heavy atom. The van der Waals surface area contributed by atoms with E-state index in [1.54, 1.807) is 0 Å². The molecule has 1 aliphatic heterocycles. The van der Waals surface area contributed by atoms with Crippen molar-refractivity contribution < 1.29 is 9.53 Å². The van der Waals surface area contributed by atoms with Crippen LogP contribution in [0.25, 0.3) is 0 Å². The summed E-state index contributed by atoms with van der Waals surface area (Å²) >= 11 is 0. The summed E-state index contributed by atoms with van der Waals surface area (Å²) in [5.41, 5.74) is -0.415. The van der Waals surface area contributed by atoms with Crippen molar-refractivity contribution in [2.75, 3.05) is 13.1 Å². The van der Waals surface area contributed by atoms with Crippen LogP contribution in [0.5, 0.6) is 0 Å². The van der Waals surface area contributed by atoms with E-state index in [4.69, 9.17) is 4.74 Å². The maximum absolute atomic E-state index is 11.9. The van der Waals surface area contributed by atoms with Gasteiger partial charge in [-0.05, 0) is 65.0 Å². The average molecular weight is 254 g/mol. The summed E-state index contributed by atoms with van der Waals surface area (Å²) in [6.45, 7) is 7.81. The van der Waals surface area contributed by atoms with Crippen LogP contribution in [-0.4, -0.2) is 30.8 Å². The van der Waals surface area contributed by atoms with Gasteiger partial charge in [-0.15, -0.1) is 0 Å². The fraction of sp³-hybridized carbons (Fsp3) is 0.929. The van der Waals surface area contributed by atoms with Gasteiger partial charge < -0.3 is 15.4 Å². The van der Waals surface area contributed by atoms with E-state index in [0.29, 0.717) is 17.9 Å². The van der Waals surface area contributed by atoms with Crippen molar-refractivity contribution in [3.8, 4) is 0 Å². The predicted molar refractivity (Wildman–Crippen MR) is 71.5 cm³/mol. The lowest BCUT2D eigenvalue weighted by Crippen LogP contribution is -2.49. The van der Waals surface area contributed by atoms with E-state index >= 15 is 0 Å². The van der Waals surface area contributed by atoms with E-state index in [1.165, 1.54) is 19.3 Å². The molecule has 1 saturated carbocycles. The molecule has 4 heteroatoms. The smallest absolute Gasteiger partial charge is 0.407 e. The third-order valence-corrected chi connectivity index (χ3v) is 3.95. The van der Waals surface area contributed by atoms with Gasteiger partial charge in [0, 0.05) is 6.04 Å². The van der Waals surface area contributed by atoms with E-state index in [2.05, 4.69) is 10.6 Å². The zero-order chi connectivity index (χ0) is 13.2. The van der Waals surface area contributed by atoms with Gasteiger partial charge in [0.15, 0.2) is 0 Å². The highest BCUT2D eigenvalue weighted by molar-refractivity contribution is 5.68. The Morgan fingerprint density at radius 2 is 2.00 bits per heavy atom. The Hall–Kier alpha value is -0.770. The van der Waals surface area contributed by atoms with Crippen LogP contribution < -0.4 is 10.6 Å². The van der Waals surface area contributed by atoms with E-state index in [1.807, 2.05) is 20.8 Å². The van der Waals surface area contributed by atoms with E-state index in [0.717, 1.165) is 19.5 Å². The number of carbonyl (C=O) groups is 1. The molecule has 1 saturated heterocycles. The molecule has 1 heterocycles. The fourth-order valence-electron chi connectivity index (χ4n) is 2.85. The van der Waals surface area contributed by atoms with Crippen LogP contribution in [0.4, 0.5) is 4.79 Å². The van der Waals surface area contributed by atoms with Crippen LogP contribution in [0.3, 0.4) is 0 Å². The highest BCUT2D eigenvalue weighted by Gasteiger charge is 2.36. The predicted octanol–water partition coefficient (Wildman–Crippen LogP) is 2.29. The maximum atomic E-state index is 11.9. The molecule has 2 atom stereocenters. The Bertz CT molecular complexity index is 289. The molecule has 2 N–H and O–H groups in total. The summed E-state index contributed by atoms with van der Waals surface area (Å²) in [4.78, 5) is 11.9. The summed E-state index contributed by atoms with van der Waals surface area (Å²) in [5.74, 6) is 1.23. The van der Waals surface area contributed by atoms with Gasteiger partial charge in [0.2, 0.25) is 0 Å². The number of hydrogen-bond acceptors (Lipinski definition) is 3. The molecule has 18 heavy (non-hydrogen) atoms.